The van der Waals surface area contributed by atoms with Crippen molar-refractivity contribution in [3.8, 4) is 11.8 Å². The van der Waals surface area contributed by atoms with E-state index in [0.717, 1.165) is 5.56 Å². The van der Waals surface area contributed by atoms with Crippen LogP contribution in [0.25, 0.3) is 0 Å². The molecular weight excluding hydrogens is 262 g/mol. The SMILES string of the molecule is Cc1ccc(C#CCO)c(C(=O)NCC2(C)CCCC2)c1. The van der Waals surface area contributed by atoms with E-state index in [1.165, 1.54) is 25.7 Å². The lowest BCUT2D eigenvalue weighted by Crippen LogP contribution is -2.34. The van der Waals surface area contributed by atoms with Crippen LogP contribution in [0.5, 0.6) is 0 Å². The summed E-state index contributed by atoms with van der Waals surface area (Å²) in [6.45, 7) is 4.71. The van der Waals surface area contributed by atoms with Crippen molar-refractivity contribution in [2.24, 2.45) is 5.41 Å². The molecule has 112 valence electrons. The molecule has 1 aromatic carbocycles. The molecule has 0 aromatic heterocycles. The Bertz CT molecular complexity index is 575. The molecule has 0 aliphatic heterocycles. The zero-order valence-electron chi connectivity index (χ0n) is 12.8. The Morgan fingerprint density at radius 3 is 2.76 bits per heavy atom. The van der Waals surface area contributed by atoms with Crippen LogP contribution in [-0.4, -0.2) is 24.2 Å². The molecular formula is C18H23NO2. The highest BCUT2D eigenvalue weighted by atomic mass is 16.2. The molecule has 0 heterocycles. The minimum atomic E-state index is -0.201. The van der Waals surface area contributed by atoms with Crippen molar-refractivity contribution in [3.05, 3.63) is 34.9 Å². The topological polar surface area (TPSA) is 49.3 Å². The Morgan fingerprint density at radius 2 is 2.10 bits per heavy atom. The Labute approximate surface area is 126 Å². The fourth-order valence-electron chi connectivity index (χ4n) is 2.88. The average molecular weight is 285 g/mol. The predicted molar refractivity (Wildman–Crippen MR) is 84.1 cm³/mol. The lowest BCUT2D eigenvalue weighted by molar-refractivity contribution is 0.0934. The third kappa shape index (κ3) is 4.09. The third-order valence-electron chi connectivity index (χ3n) is 4.21. The summed E-state index contributed by atoms with van der Waals surface area (Å²) in [7, 11) is 0. The Balaban J connectivity index is 2.12. The summed E-state index contributed by atoms with van der Waals surface area (Å²) in [6.07, 6.45) is 4.87. The van der Waals surface area contributed by atoms with Gasteiger partial charge in [-0.05, 0) is 37.3 Å². The number of aliphatic hydroxyl groups is 1. The standard InChI is InChI=1S/C18H23NO2/c1-14-7-8-15(6-5-11-20)16(12-14)17(21)19-13-18(2)9-3-4-10-18/h7-8,12,20H,3-4,9-11,13H2,1-2H3,(H,19,21). The maximum atomic E-state index is 12.4. The zero-order valence-corrected chi connectivity index (χ0v) is 12.8. The average Bonchev–Trinajstić information content (AvgIpc) is 2.91. The number of hydrogen-bond acceptors (Lipinski definition) is 2. The molecule has 1 aliphatic rings. The van der Waals surface area contributed by atoms with E-state index in [1.807, 2.05) is 25.1 Å². The lowest BCUT2D eigenvalue weighted by atomic mass is 9.89. The van der Waals surface area contributed by atoms with E-state index in [1.54, 1.807) is 0 Å². The van der Waals surface area contributed by atoms with Gasteiger partial charge in [0, 0.05) is 12.1 Å². The quantitative estimate of drug-likeness (QED) is 0.839. The van der Waals surface area contributed by atoms with Gasteiger partial charge in [0.1, 0.15) is 6.61 Å². The molecule has 2 N–H and O–H groups in total. The fourth-order valence-corrected chi connectivity index (χ4v) is 2.88. The van der Waals surface area contributed by atoms with Crippen LogP contribution < -0.4 is 5.32 Å². The molecule has 21 heavy (non-hydrogen) atoms. The van der Waals surface area contributed by atoms with Crippen LogP contribution in [-0.2, 0) is 0 Å². The van der Waals surface area contributed by atoms with E-state index < -0.39 is 0 Å². The first kappa shape index (κ1) is 15.6. The number of carbonyl (C=O) groups is 1. The number of benzene rings is 1. The molecule has 1 fully saturated rings. The summed E-state index contributed by atoms with van der Waals surface area (Å²) in [5.41, 5.74) is 2.53. The van der Waals surface area contributed by atoms with Crippen LogP contribution in [0.3, 0.4) is 0 Å². The van der Waals surface area contributed by atoms with Gasteiger partial charge in [-0.2, -0.15) is 0 Å². The second-order valence-corrected chi connectivity index (χ2v) is 6.21. The van der Waals surface area contributed by atoms with Crippen molar-refractivity contribution in [1.82, 2.24) is 5.32 Å². The summed E-state index contributed by atoms with van der Waals surface area (Å²) in [5.74, 6) is 5.38. The van der Waals surface area contributed by atoms with E-state index in [9.17, 15) is 4.79 Å². The van der Waals surface area contributed by atoms with Gasteiger partial charge in [0.15, 0.2) is 0 Å². The number of amides is 1. The first-order valence-corrected chi connectivity index (χ1v) is 7.53. The normalized spacial score (nSPS) is 16.1. The van der Waals surface area contributed by atoms with Gasteiger partial charge in [0.25, 0.3) is 5.91 Å². The number of aryl methyl sites for hydroxylation is 1. The van der Waals surface area contributed by atoms with Gasteiger partial charge in [-0.25, -0.2) is 0 Å². The highest BCUT2D eigenvalue weighted by molar-refractivity contribution is 5.97. The fraction of sp³-hybridized carbons (Fsp3) is 0.500. The molecule has 0 atom stereocenters. The molecule has 0 spiro atoms. The van der Waals surface area contributed by atoms with E-state index in [-0.39, 0.29) is 17.9 Å². The smallest absolute Gasteiger partial charge is 0.252 e. The summed E-state index contributed by atoms with van der Waals surface area (Å²) in [6, 6.07) is 5.62. The molecule has 0 unspecified atom stereocenters. The minimum Gasteiger partial charge on any atom is -0.384 e. The minimum absolute atomic E-state index is 0.0749. The van der Waals surface area contributed by atoms with E-state index in [0.29, 0.717) is 17.7 Å². The molecule has 1 amide bonds. The number of rotatable bonds is 3. The maximum Gasteiger partial charge on any atom is 0.252 e. The van der Waals surface area contributed by atoms with Gasteiger partial charge in [-0.1, -0.05) is 43.2 Å². The summed E-state index contributed by atoms with van der Waals surface area (Å²) in [5, 5.41) is 11.9. The molecule has 2 rings (SSSR count). The van der Waals surface area contributed by atoms with Crippen molar-refractivity contribution in [2.45, 2.75) is 39.5 Å². The third-order valence-corrected chi connectivity index (χ3v) is 4.21. The van der Waals surface area contributed by atoms with Crippen LogP contribution in [0, 0.1) is 24.2 Å². The Morgan fingerprint density at radius 1 is 1.38 bits per heavy atom. The maximum absolute atomic E-state index is 12.4. The van der Waals surface area contributed by atoms with Gasteiger partial charge in [-0.15, -0.1) is 0 Å². The number of nitrogens with one attached hydrogen (secondary N) is 1. The highest BCUT2D eigenvalue weighted by Crippen LogP contribution is 2.36. The van der Waals surface area contributed by atoms with E-state index in [4.69, 9.17) is 5.11 Å². The predicted octanol–water partition coefficient (Wildman–Crippen LogP) is 2.65. The number of hydrogen-bond donors (Lipinski definition) is 2. The zero-order chi connectivity index (χ0) is 15.3. The molecule has 3 heteroatoms. The molecule has 3 nitrogen and oxygen atoms in total. The monoisotopic (exact) mass is 285 g/mol. The van der Waals surface area contributed by atoms with Crippen molar-refractivity contribution in [1.29, 1.82) is 0 Å². The van der Waals surface area contributed by atoms with Crippen molar-refractivity contribution < 1.29 is 9.90 Å². The van der Waals surface area contributed by atoms with Gasteiger partial charge in [0.2, 0.25) is 0 Å². The molecule has 1 aliphatic carbocycles. The van der Waals surface area contributed by atoms with Crippen LogP contribution in [0.1, 0.15) is 54.1 Å². The van der Waals surface area contributed by atoms with Crippen molar-refractivity contribution in [2.75, 3.05) is 13.2 Å². The second kappa shape index (κ2) is 6.78. The first-order chi connectivity index (χ1) is 10.0. The van der Waals surface area contributed by atoms with Crippen LogP contribution in [0.15, 0.2) is 18.2 Å². The van der Waals surface area contributed by atoms with Gasteiger partial charge in [-0.3, -0.25) is 4.79 Å². The van der Waals surface area contributed by atoms with Gasteiger partial charge < -0.3 is 10.4 Å². The summed E-state index contributed by atoms with van der Waals surface area (Å²) >= 11 is 0. The number of aliphatic hydroxyl groups excluding tert-OH is 1. The number of carbonyl (C=O) groups excluding carboxylic acids is 1. The lowest BCUT2D eigenvalue weighted by Gasteiger charge is -2.23. The molecule has 0 radical (unpaired) electrons. The molecule has 1 aromatic rings. The van der Waals surface area contributed by atoms with Gasteiger partial charge in [0.05, 0.1) is 5.56 Å². The Kier molecular flexibility index (Phi) is 5.03. The van der Waals surface area contributed by atoms with Gasteiger partial charge >= 0.3 is 0 Å². The largest absolute Gasteiger partial charge is 0.384 e. The van der Waals surface area contributed by atoms with Crippen LogP contribution in [0.2, 0.25) is 0 Å². The van der Waals surface area contributed by atoms with Crippen LogP contribution in [0.4, 0.5) is 0 Å². The first-order valence-electron chi connectivity index (χ1n) is 7.53. The molecule has 0 saturated heterocycles. The summed E-state index contributed by atoms with van der Waals surface area (Å²) < 4.78 is 0. The van der Waals surface area contributed by atoms with E-state index in [2.05, 4.69) is 24.1 Å². The Hall–Kier alpha value is -1.79. The molecule has 0 bridgehead atoms. The highest BCUT2D eigenvalue weighted by Gasteiger charge is 2.29. The second-order valence-electron chi connectivity index (χ2n) is 6.21. The van der Waals surface area contributed by atoms with Crippen LogP contribution >= 0.6 is 0 Å². The van der Waals surface area contributed by atoms with Crippen molar-refractivity contribution >= 4 is 5.91 Å². The molecule has 1 saturated carbocycles. The summed E-state index contributed by atoms with van der Waals surface area (Å²) in [4.78, 5) is 12.4. The van der Waals surface area contributed by atoms with Crippen molar-refractivity contribution in [3.63, 3.8) is 0 Å². The van der Waals surface area contributed by atoms with E-state index >= 15 is 0 Å².